The Balaban J connectivity index is 1.44. The standard InChI is InChI=1S/C19H15N7O6S5/c27-6-20-18-22-10(4-36-18)11(25-32-8-1-34-2-8)13(28)23-19(5-33)16(31)26-12(15(29)30)9(3-35-17(19)26)14-24-21-7-37-14/h4-8,17H,1-3H2,(H,23,28)(H,29,30)(H,20,22,27)/t17-,19?/m0/s1. The maximum absolute atomic E-state index is 13.4. The monoisotopic (exact) mass is 597 g/mol. The molecule has 0 spiro atoms. The van der Waals surface area contributed by atoms with Crippen LogP contribution in [0.3, 0.4) is 0 Å². The van der Waals surface area contributed by atoms with Gasteiger partial charge in [0, 0.05) is 33.6 Å². The Morgan fingerprint density at radius 2 is 2.16 bits per heavy atom. The van der Waals surface area contributed by atoms with Crippen LogP contribution in [0, 0.1) is 0 Å². The van der Waals surface area contributed by atoms with Crippen molar-refractivity contribution in [2.75, 3.05) is 22.6 Å². The van der Waals surface area contributed by atoms with Gasteiger partial charge in [-0.15, -0.1) is 44.6 Å². The number of anilines is 1. The van der Waals surface area contributed by atoms with Gasteiger partial charge in [-0.1, -0.05) is 17.4 Å². The number of hydrogen-bond donors (Lipinski definition) is 3. The van der Waals surface area contributed by atoms with Crippen LogP contribution in [0.4, 0.5) is 5.13 Å². The second kappa shape index (κ2) is 10.4. The van der Waals surface area contributed by atoms with E-state index in [0.717, 1.165) is 32.9 Å². The lowest BCUT2D eigenvalue weighted by molar-refractivity contribution is -0.153. The molecule has 0 aromatic carbocycles. The Morgan fingerprint density at radius 3 is 2.78 bits per heavy atom. The number of carbonyl (C=O) groups is 4. The third-order valence-corrected chi connectivity index (χ3v) is 9.95. The number of aliphatic carboxylic acids is 1. The highest BCUT2D eigenvalue weighted by Crippen LogP contribution is 2.47. The van der Waals surface area contributed by atoms with E-state index in [-0.39, 0.29) is 34.1 Å². The molecule has 3 aliphatic heterocycles. The third kappa shape index (κ3) is 4.52. The summed E-state index contributed by atoms with van der Waals surface area (Å²) in [4.78, 5) is 60.5. The molecule has 18 heteroatoms. The Bertz CT molecular complexity index is 1340. The highest BCUT2D eigenvalue weighted by atomic mass is 32.2. The first kappa shape index (κ1) is 25.7. The molecule has 0 bridgehead atoms. The number of thioether (sulfide) groups is 2. The number of amides is 3. The number of hydrogen-bond acceptors (Lipinski definition) is 14. The number of thiocarbonyl (C=S) groups is 1. The zero-order valence-corrected chi connectivity index (χ0v) is 22.4. The van der Waals surface area contributed by atoms with Gasteiger partial charge in [-0.25, -0.2) is 9.78 Å². The average molecular weight is 598 g/mol. The summed E-state index contributed by atoms with van der Waals surface area (Å²) in [6, 6.07) is 0. The molecule has 3 amide bonds. The molecule has 2 atom stereocenters. The van der Waals surface area contributed by atoms with Crippen molar-refractivity contribution in [2.24, 2.45) is 5.16 Å². The highest BCUT2D eigenvalue weighted by Gasteiger charge is 2.65. The van der Waals surface area contributed by atoms with Gasteiger partial charge in [0.2, 0.25) is 6.41 Å². The van der Waals surface area contributed by atoms with Crippen LogP contribution in [0.5, 0.6) is 0 Å². The number of thiazole rings is 1. The smallest absolute Gasteiger partial charge is 0.353 e. The summed E-state index contributed by atoms with van der Waals surface area (Å²) in [6.07, 6.45) is 0.282. The maximum atomic E-state index is 13.4. The van der Waals surface area contributed by atoms with Crippen LogP contribution in [-0.2, 0) is 24.0 Å². The minimum absolute atomic E-state index is 0.128. The molecular weight excluding hydrogens is 583 g/mol. The summed E-state index contributed by atoms with van der Waals surface area (Å²) < 4.78 is 0. The van der Waals surface area contributed by atoms with Crippen LogP contribution < -0.4 is 10.6 Å². The number of rotatable bonds is 10. The Kier molecular flexibility index (Phi) is 7.26. The predicted molar refractivity (Wildman–Crippen MR) is 143 cm³/mol. The topological polar surface area (TPSA) is 176 Å². The quantitative estimate of drug-likeness (QED) is 0.115. The lowest BCUT2D eigenvalue weighted by Crippen LogP contribution is -2.80. The summed E-state index contributed by atoms with van der Waals surface area (Å²) in [5.41, 5.74) is -0.145. The van der Waals surface area contributed by atoms with Crippen molar-refractivity contribution in [3.05, 3.63) is 27.3 Å². The van der Waals surface area contributed by atoms with Gasteiger partial charge >= 0.3 is 5.97 Å². The third-order valence-electron chi connectivity index (χ3n) is 5.48. The van der Waals surface area contributed by atoms with E-state index in [2.05, 4.69) is 31.0 Å². The number of nitrogens with zero attached hydrogens (tertiary/aromatic N) is 5. The van der Waals surface area contributed by atoms with E-state index in [4.69, 9.17) is 17.1 Å². The van der Waals surface area contributed by atoms with Gasteiger partial charge in [-0.2, -0.15) is 11.8 Å². The zero-order chi connectivity index (χ0) is 26.2. The SMILES string of the molecule is O=CNc1nc(C(=NOC2CSC2)C(=O)NC2(C=S)C(=O)N3C(C(=O)O)=C(c4nncs4)CS[C@H]32)cs1. The molecule has 13 nitrogen and oxygen atoms in total. The number of β-lactam (4-membered cyclic amide) rings is 1. The van der Waals surface area contributed by atoms with Gasteiger partial charge in [0.05, 0.1) is 0 Å². The molecular formula is C19H15N7O6S5. The Labute approximate surface area is 230 Å². The normalized spacial score (nSPS) is 23.5. The number of carboxylic acid groups (broad SMARTS) is 1. The van der Waals surface area contributed by atoms with Crippen molar-refractivity contribution < 1.29 is 29.1 Å². The Hall–Kier alpha value is -2.93. The highest BCUT2D eigenvalue weighted by molar-refractivity contribution is 8.01. The van der Waals surface area contributed by atoms with Crippen molar-refractivity contribution in [3.8, 4) is 0 Å². The number of carboxylic acids is 1. The fourth-order valence-corrected chi connectivity index (χ4v) is 7.36. The van der Waals surface area contributed by atoms with Crippen molar-refractivity contribution >= 4 is 104 Å². The number of nitrogens with one attached hydrogen (secondary N) is 2. The molecule has 37 heavy (non-hydrogen) atoms. The number of oxime groups is 1. The predicted octanol–water partition coefficient (Wildman–Crippen LogP) is 0.665. The van der Waals surface area contributed by atoms with Crippen molar-refractivity contribution in [1.29, 1.82) is 0 Å². The summed E-state index contributed by atoms with van der Waals surface area (Å²) in [7, 11) is 0. The second-order valence-electron chi connectivity index (χ2n) is 7.66. The van der Waals surface area contributed by atoms with E-state index >= 15 is 0 Å². The number of carbonyl (C=O) groups excluding carboxylic acids is 3. The molecule has 5 heterocycles. The molecule has 0 radical (unpaired) electrons. The van der Waals surface area contributed by atoms with Gasteiger partial charge in [0.25, 0.3) is 11.8 Å². The van der Waals surface area contributed by atoms with Gasteiger partial charge in [-0.3, -0.25) is 19.3 Å². The van der Waals surface area contributed by atoms with E-state index in [1.165, 1.54) is 22.7 Å². The Morgan fingerprint density at radius 1 is 1.35 bits per heavy atom. The lowest BCUT2D eigenvalue weighted by atomic mass is 9.87. The minimum Gasteiger partial charge on any atom is -0.477 e. The van der Waals surface area contributed by atoms with E-state index in [9.17, 15) is 24.3 Å². The van der Waals surface area contributed by atoms with Crippen LogP contribution >= 0.6 is 58.4 Å². The molecule has 3 N–H and O–H groups in total. The van der Waals surface area contributed by atoms with Gasteiger partial charge in [0.1, 0.15) is 33.4 Å². The molecule has 2 aromatic heterocycles. The molecule has 192 valence electrons. The largest absolute Gasteiger partial charge is 0.477 e. The average Bonchev–Trinajstić information content (AvgIpc) is 3.55. The van der Waals surface area contributed by atoms with Crippen molar-refractivity contribution in [2.45, 2.75) is 17.0 Å². The zero-order valence-electron chi connectivity index (χ0n) is 18.4. The van der Waals surface area contributed by atoms with E-state index < -0.39 is 28.7 Å². The number of aromatic nitrogens is 3. The minimum atomic E-state index is -1.67. The van der Waals surface area contributed by atoms with Crippen LogP contribution in [0.2, 0.25) is 0 Å². The maximum Gasteiger partial charge on any atom is 0.353 e. The fraction of sp³-hybridized carbons (Fsp3) is 0.316. The first-order chi connectivity index (χ1) is 17.9. The first-order valence-electron chi connectivity index (χ1n) is 10.3. The first-order valence-corrected chi connectivity index (χ1v) is 14.8. The molecule has 5 rings (SSSR count). The molecule has 0 aliphatic carbocycles. The molecule has 1 unspecified atom stereocenters. The van der Waals surface area contributed by atoms with Gasteiger partial charge in [-0.05, 0) is 0 Å². The van der Waals surface area contributed by atoms with E-state index in [1.54, 1.807) is 11.8 Å². The van der Waals surface area contributed by atoms with Crippen LogP contribution in [0.25, 0.3) is 5.57 Å². The number of fused-ring (bicyclic) bond motifs is 1. The molecule has 3 aliphatic rings. The molecule has 2 aromatic rings. The summed E-state index contributed by atoms with van der Waals surface area (Å²) in [6.45, 7) is 0. The molecule has 2 saturated heterocycles. The van der Waals surface area contributed by atoms with Crippen molar-refractivity contribution in [3.63, 3.8) is 0 Å². The lowest BCUT2D eigenvalue weighted by Gasteiger charge is -2.55. The van der Waals surface area contributed by atoms with Crippen molar-refractivity contribution in [1.82, 2.24) is 25.4 Å². The van der Waals surface area contributed by atoms with E-state index in [1.807, 2.05) is 0 Å². The van der Waals surface area contributed by atoms with Crippen LogP contribution in [0.1, 0.15) is 10.7 Å². The van der Waals surface area contributed by atoms with Crippen LogP contribution in [-0.4, -0.2) is 94.7 Å². The molecule has 0 saturated carbocycles. The van der Waals surface area contributed by atoms with Gasteiger partial charge < -0.3 is 20.6 Å². The van der Waals surface area contributed by atoms with Gasteiger partial charge in [0.15, 0.2) is 16.4 Å². The fourth-order valence-electron chi connectivity index (χ4n) is 3.66. The molecule has 2 fully saturated rings. The van der Waals surface area contributed by atoms with E-state index in [0.29, 0.717) is 28.5 Å². The van der Waals surface area contributed by atoms with Crippen LogP contribution in [0.15, 0.2) is 21.7 Å². The summed E-state index contributed by atoms with van der Waals surface area (Å²) in [5, 5.41) is 29.1. The summed E-state index contributed by atoms with van der Waals surface area (Å²) in [5.74, 6) is -1.16. The summed E-state index contributed by atoms with van der Waals surface area (Å²) >= 11 is 10.3. The second-order valence-corrected chi connectivity index (χ2v) is 11.7.